The normalized spacial score (nSPS) is 14.8. The number of para-hydroxylation sites is 2. The summed E-state index contributed by atoms with van der Waals surface area (Å²) in [6, 6.07) is 16.8. The quantitative estimate of drug-likeness (QED) is 0.237. The summed E-state index contributed by atoms with van der Waals surface area (Å²) in [5.74, 6) is 2.16. The van der Waals surface area contributed by atoms with Crippen molar-refractivity contribution in [3.8, 4) is 5.88 Å². The van der Waals surface area contributed by atoms with E-state index < -0.39 is 0 Å². The van der Waals surface area contributed by atoms with Crippen LogP contribution < -0.4 is 4.74 Å². The molecule has 7 nitrogen and oxygen atoms in total. The van der Waals surface area contributed by atoms with Gasteiger partial charge in [0.05, 0.1) is 23.8 Å². The van der Waals surface area contributed by atoms with Gasteiger partial charge in [-0.2, -0.15) is 0 Å². The van der Waals surface area contributed by atoms with Crippen LogP contribution in [-0.4, -0.2) is 37.5 Å². The summed E-state index contributed by atoms with van der Waals surface area (Å²) in [5.41, 5.74) is 3.56. The number of benzene rings is 2. The Kier molecular flexibility index (Phi) is 7.07. The second-order valence-electron chi connectivity index (χ2n) is 9.50. The number of halogens is 2. The maximum atomic E-state index is 14.2. The number of rotatable bonds is 8. The molecule has 0 spiro atoms. The maximum absolute atomic E-state index is 14.2. The van der Waals surface area contributed by atoms with E-state index in [0.29, 0.717) is 34.8 Å². The van der Waals surface area contributed by atoms with Crippen LogP contribution in [0.4, 0.5) is 4.39 Å². The van der Waals surface area contributed by atoms with Crippen LogP contribution in [0.1, 0.15) is 41.6 Å². The van der Waals surface area contributed by atoms with Crippen molar-refractivity contribution in [3.05, 3.63) is 107 Å². The predicted molar refractivity (Wildman–Crippen MR) is 143 cm³/mol. The molecule has 3 aromatic heterocycles. The number of imidazole rings is 1. The molecule has 4 heterocycles. The first kappa shape index (κ1) is 24.6. The van der Waals surface area contributed by atoms with Crippen LogP contribution in [0.2, 0.25) is 5.02 Å². The number of pyridine rings is 1. The van der Waals surface area contributed by atoms with E-state index in [9.17, 15) is 4.39 Å². The number of oxazole rings is 1. The van der Waals surface area contributed by atoms with Crippen LogP contribution in [0.25, 0.3) is 11.0 Å². The average molecular weight is 532 g/mol. The molecule has 6 rings (SSSR count). The van der Waals surface area contributed by atoms with E-state index in [1.54, 1.807) is 30.8 Å². The summed E-state index contributed by atoms with van der Waals surface area (Å²) in [4.78, 5) is 16.1. The van der Waals surface area contributed by atoms with Gasteiger partial charge in [-0.3, -0.25) is 4.90 Å². The highest BCUT2D eigenvalue weighted by molar-refractivity contribution is 6.30. The van der Waals surface area contributed by atoms with E-state index in [0.717, 1.165) is 54.9 Å². The van der Waals surface area contributed by atoms with Crippen molar-refractivity contribution < 1.29 is 13.5 Å². The molecule has 5 aromatic rings. The first-order valence-electron chi connectivity index (χ1n) is 12.7. The molecule has 0 atom stereocenters. The number of fused-ring (bicyclic) bond motifs is 1. The lowest BCUT2D eigenvalue weighted by Crippen LogP contribution is -2.33. The fourth-order valence-corrected chi connectivity index (χ4v) is 5.27. The SMILES string of the molecule is Fc1cc(Cl)ccc1COc1ncccc1C1CCN(Cc2nc3ccccc3n2Cc2ncco2)CC1. The van der Waals surface area contributed by atoms with Crippen LogP contribution in [0.3, 0.4) is 0 Å². The number of nitrogens with zero attached hydrogens (tertiary/aromatic N) is 5. The minimum atomic E-state index is -0.378. The Balaban J connectivity index is 1.13. The summed E-state index contributed by atoms with van der Waals surface area (Å²) in [5, 5.41) is 0.365. The summed E-state index contributed by atoms with van der Waals surface area (Å²) < 4.78 is 27.9. The van der Waals surface area contributed by atoms with Gasteiger partial charge < -0.3 is 13.7 Å². The molecule has 194 valence electrons. The molecule has 0 radical (unpaired) electrons. The van der Waals surface area contributed by atoms with Gasteiger partial charge in [-0.1, -0.05) is 35.9 Å². The van der Waals surface area contributed by atoms with Crippen molar-refractivity contribution in [3.63, 3.8) is 0 Å². The number of ether oxygens (including phenoxy) is 1. The molecule has 0 aliphatic carbocycles. The highest BCUT2D eigenvalue weighted by Gasteiger charge is 2.25. The van der Waals surface area contributed by atoms with Crippen LogP contribution in [-0.2, 0) is 19.7 Å². The van der Waals surface area contributed by atoms with E-state index in [-0.39, 0.29) is 12.4 Å². The topological polar surface area (TPSA) is 69.2 Å². The van der Waals surface area contributed by atoms with Crippen molar-refractivity contribution in [1.29, 1.82) is 0 Å². The standard InChI is InChI=1S/C29H27ClFN5O2/c30-22-8-7-21(24(31)16-22)19-38-29-23(4-3-11-33-29)20-9-13-35(14-10-20)17-27-34-25-5-1-2-6-26(25)36(27)18-28-32-12-15-37-28/h1-8,11-12,15-16,20H,9-10,13-14,17-19H2. The molecule has 0 bridgehead atoms. The molecule has 2 aromatic carbocycles. The third kappa shape index (κ3) is 5.28. The fraction of sp³-hybridized carbons (Fsp3) is 0.276. The average Bonchev–Trinajstić information content (AvgIpc) is 3.57. The maximum Gasteiger partial charge on any atom is 0.217 e. The van der Waals surface area contributed by atoms with Gasteiger partial charge >= 0.3 is 0 Å². The van der Waals surface area contributed by atoms with Crippen molar-refractivity contribution >= 4 is 22.6 Å². The highest BCUT2D eigenvalue weighted by atomic mass is 35.5. The van der Waals surface area contributed by atoms with E-state index >= 15 is 0 Å². The van der Waals surface area contributed by atoms with Gasteiger partial charge in [0.1, 0.15) is 31.1 Å². The Morgan fingerprint density at radius 3 is 2.68 bits per heavy atom. The van der Waals surface area contributed by atoms with Crippen LogP contribution >= 0.6 is 11.6 Å². The Morgan fingerprint density at radius 1 is 1.00 bits per heavy atom. The molecule has 0 saturated carbocycles. The van der Waals surface area contributed by atoms with Crippen molar-refractivity contribution in [1.82, 2.24) is 24.4 Å². The number of likely N-dealkylation sites (tertiary alicyclic amines) is 1. The van der Waals surface area contributed by atoms with Crippen LogP contribution in [0.5, 0.6) is 5.88 Å². The lowest BCUT2D eigenvalue weighted by atomic mass is 9.90. The minimum Gasteiger partial charge on any atom is -0.472 e. The number of hydrogen-bond donors (Lipinski definition) is 0. The van der Waals surface area contributed by atoms with E-state index in [1.165, 1.54) is 6.07 Å². The fourth-order valence-electron chi connectivity index (χ4n) is 5.11. The third-order valence-corrected chi connectivity index (χ3v) is 7.32. The first-order valence-corrected chi connectivity index (χ1v) is 13.1. The molecule has 1 fully saturated rings. The van der Waals surface area contributed by atoms with Gasteiger partial charge in [0.2, 0.25) is 11.8 Å². The Morgan fingerprint density at radius 2 is 1.87 bits per heavy atom. The van der Waals surface area contributed by atoms with Crippen LogP contribution in [0, 0.1) is 5.82 Å². The summed E-state index contributed by atoms with van der Waals surface area (Å²) in [6.07, 6.45) is 6.92. The Labute approximate surface area is 224 Å². The summed E-state index contributed by atoms with van der Waals surface area (Å²) >= 11 is 5.88. The molecular weight excluding hydrogens is 505 g/mol. The second kappa shape index (κ2) is 10.9. The first-order chi connectivity index (χ1) is 18.6. The Hall–Kier alpha value is -3.75. The van der Waals surface area contributed by atoms with Crippen molar-refractivity contribution in [2.75, 3.05) is 13.1 Å². The van der Waals surface area contributed by atoms with Gasteiger partial charge in [0, 0.05) is 22.3 Å². The molecule has 1 aliphatic rings. The molecular formula is C29H27ClFN5O2. The molecule has 0 unspecified atom stereocenters. The molecule has 0 amide bonds. The van der Waals surface area contributed by atoms with E-state index in [2.05, 4.69) is 31.6 Å². The number of hydrogen-bond acceptors (Lipinski definition) is 6. The highest BCUT2D eigenvalue weighted by Crippen LogP contribution is 2.34. The largest absolute Gasteiger partial charge is 0.472 e. The zero-order valence-corrected chi connectivity index (χ0v) is 21.5. The van der Waals surface area contributed by atoms with Crippen molar-refractivity contribution in [2.45, 2.75) is 38.5 Å². The summed E-state index contributed by atoms with van der Waals surface area (Å²) in [7, 11) is 0. The lowest BCUT2D eigenvalue weighted by Gasteiger charge is -2.32. The summed E-state index contributed by atoms with van der Waals surface area (Å²) in [6.45, 7) is 3.24. The van der Waals surface area contributed by atoms with E-state index in [1.807, 2.05) is 24.3 Å². The van der Waals surface area contributed by atoms with Gasteiger partial charge in [0.25, 0.3) is 0 Å². The number of aromatic nitrogens is 4. The molecule has 0 N–H and O–H groups in total. The number of piperidine rings is 1. The molecule has 1 aliphatic heterocycles. The molecule has 1 saturated heterocycles. The monoisotopic (exact) mass is 531 g/mol. The zero-order chi connectivity index (χ0) is 25.9. The van der Waals surface area contributed by atoms with Gasteiger partial charge in [-0.05, 0) is 62.2 Å². The Bertz CT molecular complexity index is 1530. The molecule has 9 heteroatoms. The van der Waals surface area contributed by atoms with Gasteiger partial charge in [-0.15, -0.1) is 0 Å². The van der Waals surface area contributed by atoms with Crippen LogP contribution in [0.15, 0.2) is 77.7 Å². The van der Waals surface area contributed by atoms with Crippen molar-refractivity contribution in [2.24, 2.45) is 0 Å². The van der Waals surface area contributed by atoms with E-state index in [4.69, 9.17) is 25.7 Å². The van der Waals surface area contributed by atoms with Gasteiger partial charge in [-0.25, -0.2) is 19.3 Å². The third-order valence-electron chi connectivity index (χ3n) is 7.08. The second-order valence-corrected chi connectivity index (χ2v) is 9.94. The lowest BCUT2D eigenvalue weighted by molar-refractivity contribution is 0.194. The predicted octanol–water partition coefficient (Wildman–Crippen LogP) is 6.22. The minimum absolute atomic E-state index is 0.104. The molecule has 38 heavy (non-hydrogen) atoms. The van der Waals surface area contributed by atoms with Gasteiger partial charge in [0.15, 0.2) is 0 Å². The smallest absolute Gasteiger partial charge is 0.217 e. The zero-order valence-electron chi connectivity index (χ0n) is 20.8.